The molecule has 0 saturated heterocycles. The van der Waals surface area contributed by atoms with Gasteiger partial charge in [0.1, 0.15) is 9.88 Å². The number of nitrogens with zero attached hydrogens (tertiary/aromatic N) is 1. The summed E-state index contributed by atoms with van der Waals surface area (Å²) in [5.41, 5.74) is 1.07. The number of amides is 2. The van der Waals surface area contributed by atoms with E-state index >= 15 is 0 Å². The van der Waals surface area contributed by atoms with Gasteiger partial charge in [-0.05, 0) is 43.7 Å². The smallest absolute Gasteiger partial charge is 0.348 e. The maximum absolute atomic E-state index is 13.0. The highest BCUT2D eigenvalue weighted by Gasteiger charge is 2.27. The normalized spacial score (nSPS) is 10.3. The van der Waals surface area contributed by atoms with Crippen molar-refractivity contribution >= 4 is 45.5 Å². The lowest BCUT2D eigenvalue weighted by Crippen LogP contribution is -2.17. The molecule has 1 aromatic heterocycles. The molecule has 2 amide bonds. The fourth-order valence-corrected chi connectivity index (χ4v) is 3.98. The van der Waals surface area contributed by atoms with E-state index in [9.17, 15) is 24.5 Å². The van der Waals surface area contributed by atoms with Crippen molar-refractivity contribution in [2.24, 2.45) is 0 Å². The van der Waals surface area contributed by atoms with Crippen LogP contribution in [0.15, 0.2) is 54.6 Å². The second-order valence-electron chi connectivity index (χ2n) is 6.56. The third-order valence-electron chi connectivity index (χ3n) is 4.43. The van der Waals surface area contributed by atoms with Gasteiger partial charge in [-0.15, -0.1) is 11.3 Å². The number of anilines is 2. The molecular formula is C22H19N3O6S. The van der Waals surface area contributed by atoms with Crippen molar-refractivity contribution in [1.29, 1.82) is 0 Å². The fraction of sp³-hybridized carbons (Fsp3) is 0.136. The van der Waals surface area contributed by atoms with Crippen LogP contribution < -0.4 is 10.6 Å². The van der Waals surface area contributed by atoms with Crippen LogP contribution in [0.5, 0.6) is 0 Å². The van der Waals surface area contributed by atoms with Crippen LogP contribution in [-0.4, -0.2) is 29.3 Å². The number of nitrogens with one attached hydrogen (secondary N) is 2. The van der Waals surface area contributed by atoms with Crippen molar-refractivity contribution in [3.05, 3.63) is 86.3 Å². The summed E-state index contributed by atoms with van der Waals surface area (Å²) in [6.45, 7) is 3.43. The summed E-state index contributed by atoms with van der Waals surface area (Å²) in [6, 6.07) is 13.8. The van der Waals surface area contributed by atoms with Crippen molar-refractivity contribution in [2.45, 2.75) is 13.8 Å². The summed E-state index contributed by atoms with van der Waals surface area (Å²) < 4.78 is 5.06. The SMILES string of the molecule is CCOC(=O)c1sc(NC(=O)c2ccc([N+](=O)[O-])cc2)c(C(=O)Nc2ccccc2)c1C. The molecule has 0 unspecified atom stereocenters. The summed E-state index contributed by atoms with van der Waals surface area (Å²) in [5, 5.41) is 16.4. The minimum Gasteiger partial charge on any atom is -0.462 e. The quantitative estimate of drug-likeness (QED) is 0.305. The molecule has 10 heteroatoms. The lowest BCUT2D eigenvalue weighted by Gasteiger charge is -2.09. The van der Waals surface area contributed by atoms with E-state index in [1.165, 1.54) is 24.3 Å². The van der Waals surface area contributed by atoms with Crippen LogP contribution in [0.3, 0.4) is 0 Å². The van der Waals surface area contributed by atoms with Gasteiger partial charge in [0.05, 0.1) is 17.1 Å². The molecule has 9 nitrogen and oxygen atoms in total. The van der Waals surface area contributed by atoms with Gasteiger partial charge in [0.15, 0.2) is 0 Å². The molecule has 3 aromatic rings. The van der Waals surface area contributed by atoms with Crippen LogP contribution in [0.25, 0.3) is 0 Å². The minimum absolute atomic E-state index is 0.136. The van der Waals surface area contributed by atoms with E-state index in [1.54, 1.807) is 44.2 Å². The Morgan fingerprint density at radius 3 is 2.25 bits per heavy atom. The van der Waals surface area contributed by atoms with Gasteiger partial charge in [0.25, 0.3) is 17.5 Å². The number of para-hydroxylation sites is 1. The Bertz CT molecular complexity index is 1170. The molecule has 0 radical (unpaired) electrons. The van der Waals surface area contributed by atoms with Crippen LogP contribution in [0, 0.1) is 17.0 Å². The van der Waals surface area contributed by atoms with E-state index in [0.717, 1.165) is 11.3 Å². The molecule has 32 heavy (non-hydrogen) atoms. The highest BCUT2D eigenvalue weighted by molar-refractivity contribution is 7.18. The van der Waals surface area contributed by atoms with Crippen molar-refractivity contribution in [3.63, 3.8) is 0 Å². The minimum atomic E-state index is -0.598. The van der Waals surface area contributed by atoms with Gasteiger partial charge in [-0.1, -0.05) is 18.2 Å². The Morgan fingerprint density at radius 1 is 1.00 bits per heavy atom. The molecule has 0 aliphatic rings. The highest BCUT2D eigenvalue weighted by atomic mass is 32.1. The second-order valence-corrected chi connectivity index (χ2v) is 7.58. The number of carbonyl (C=O) groups is 3. The van der Waals surface area contributed by atoms with E-state index in [2.05, 4.69) is 10.6 Å². The summed E-state index contributed by atoms with van der Waals surface area (Å²) in [5.74, 6) is -1.68. The van der Waals surface area contributed by atoms with E-state index in [0.29, 0.717) is 11.3 Å². The van der Waals surface area contributed by atoms with E-state index in [4.69, 9.17) is 4.74 Å². The van der Waals surface area contributed by atoms with Crippen LogP contribution >= 0.6 is 11.3 Å². The maximum atomic E-state index is 13.0. The first-order chi connectivity index (χ1) is 15.3. The zero-order valence-corrected chi connectivity index (χ0v) is 18.0. The van der Waals surface area contributed by atoms with Crippen molar-refractivity contribution in [3.8, 4) is 0 Å². The molecule has 1 heterocycles. The molecular weight excluding hydrogens is 434 g/mol. The molecule has 0 bridgehead atoms. The molecule has 0 spiro atoms. The first kappa shape index (κ1) is 22.6. The van der Waals surface area contributed by atoms with Gasteiger partial charge in [-0.25, -0.2) is 4.79 Å². The number of thiophene rings is 1. The Hall–Kier alpha value is -4.05. The molecule has 164 valence electrons. The summed E-state index contributed by atoms with van der Waals surface area (Å²) in [6.07, 6.45) is 0. The first-order valence-corrected chi connectivity index (χ1v) is 10.4. The molecule has 2 aromatic carbocycles. The van der Waals surface area contributed by atoms with Crippen molar-refractivity contribution in [2.75, 3.05) is 17.2 Å². The number of hydrogen-bond acceptors (Lipinski definition) is 7. The van der Waals surface area contributed by atoms with Gasteiger partial charge in [-0.3, -0.25) is 19.7 Å². The number of esters is 1. The number of non-ortho nitro benzene ring substituents is 1. The zero-order chi connectivity index (χ0) is 23.3. The largest absolute Gasteiger partial charge is 0.462 e. The van der Waals surface area contributed by atoms with Crippen LogP contribution in [0.4, 0.5) is 16.4 Å². The number of carbonyl (C=O) groups excluding carboxylic acids is 3. The van der Waals surface area contributed by atoms with E-state index in [-0.39, 0.29) is 33.3 Å². The predicted molar refractivity (Wildman–Crippen MR) is 120 cm³/mol. The molecule has 3 rings (SSSR count). The van der Waals surface area contributed by atoms with Gasteiger partial charge >= 0.3 is 5.97 Å². The lowest BCUT2D eigenvalue weighted by molar-refractivity contribution is -0.384. The lowest BCUT2D eigenvalue weighted by atomic mass is 10.1. The molecule has 0 fully saturated rings. The summed E-state index contributed by atoms with van der Waals surface area (Å²) >= 11 is 0.929. The Morgan fingerprint density at radius 2 is 1.66 bits per heavy atom. The fourth-order valence-electron chi connectivity index (χ4n) is 2.89. The average Bonchev–Trinajstić information content (AvgIpc) is 3.10. The third-order valence-corrected chi connectivity index (χ3v) is 5.62. The number of benzene rings is 2. The van der Waals surface area contributed by atoms with Gasteiger partial charge in [-0.2, -0.15) is 0 Å². The average molecular weight is 453 g/mol. The molecule has 0 aliphatic carbocycles. The molecule has 0 saturated carbocycles. The molecule has 0 atom stereocenters. The molecule has 0 aliphatic heterocycles. The van der Waals surface area contributed by atoms with Crippen LogP contribution in [-0.2, 0) is 4.74 Å². The van der Waals surface area contributed by atoms with E-state index < -0.39 is 22.7 Å². The number of nitro benzene ring substituents is 1. The highest BCUT2D eigenvalue weighted by Crippen LogP contribution is 2.34. The number of hydrogen-bond donors (Lipinski definition) is 2. The van der Waals surface area contributed by atoms with Crippen molar-refractivity contribution < 1.29 is 24.0 Å². The topological polar surface area (TPSA) is 128 Å². The van der Waals surface area contributed by atoms with Crippen LogP contribution in [0.2, 0.25) is 0 Å². The standard InChI is InChI=1S/C22H19N3O6S/c1-3-31-22(28)18-13(2)17(20(27)23-15-7-5-4-6-8-15)21(32-18)24-19(26)14-9-11-16(12-10-14)25(29)30/h4-12H,3H2,1-2H3,(H,23,27)(H,24,26). The number of nitro groups is 1. The van der Waals surface area contributed by atoms with E-state index in [1.807, 2.05) is 0 Å². The first-order valence-electron chi connectivity index (χ1n) is 9.54. The van der Waals surface area contributed by atoms with Gasteiger partial charge in [0.2, 0.25) is 0 Å². The van der Waals surface area contributed by atoms with Crippen LogP contribution in [0.1, 0.15) is 42.9 Å². The Balaban J connectivity index is 1.94. The number of rotatable bonds is 7. The number of ether oxygens (including phenoxy) is 1. The monoisotopic (exact) mass is 453 g/mol. The predicted octanol–water partition coefficient (Wildman–Crippen LogP) is 4.65. The molecule has 2 N–H and O–H groups in total. The zero-order valence-electron chi connectivity index (χ0n) is 17.2. The van der Waals surface area contributed by atoms with Gasteiger partial charge in [0, 0.05) is 23.4 Å². The third kappa shape index (κ3) is 4.98. The Labute approximate surface area is 187 Å². The summed E-state index contributed by atoms with van der Waals surface area (Å²) in [7, 11) is 0. The maximum Gasteiger partial charge on any atom is 0.348 e. The van der Waals surface area contributed by atoms with Crippen molar-refractivity contribution in [1.82, 2.24) is 0 Å². The second kappa shape index (κ2) is 9.84. The van der Waals surface area contributed by atoms with Gasteiger partial charge < -0.3 is 15.4 Å². The Kier molecular flexibility index (Phi) is 6.96. The summed E-state index contributed by atoms with van der Waals surface area (Å²) in [4.78, 5) is 48.5.